The second-order valence-corrected chi connectivity index (χ2v) is 6.21. The van der Waals surface area contributed by atoms with Gasteiger partial charge in [-0.1, -0.05) is 12.1 Å². The molecule has 2 unspecified atom stereocenters. The van der Waals surface area contributed by atoms with E-state index in [1.54, 1.807) is 0 Å². The molecule has 23 heavy (non-hydrogen) atoms. The lowest BCUT2D eigenvalue weighted by atomic mass is 10.1. The molecule has 0 aromatic heterocycles. The molecule has 1 amide bonds. The molecule has 1 saturated heterocycles. The first-order valence-corrected chi connectivity index (χ1v) is 8.24. The lowest BCUT2D eigenvalue weighted by molar-refractivity contribution is -0.128. The fourth-order valence-corrected chi connectivity index (χ4v) is 3.35. The molecule has 2 N–H and O–H groups in total. The second kappa shape index (κ2) is 6.62. The molecule has 5 nitrogen and oxygen atoms in total. The number of likely N-dealkylation sites (tertiary alicyclic amines) is 1. The summed E-state index contributed by atoms with van der Waals surface area (Å²) < 4.78 is 11.4. The molecule has 2 aliphatic rings. The summed E-state index contributed by atoms with van der Waals surface area (Å²) in [5, 5.41) is 0. The molecule has 0 bridgehead atoms. The van der Waals surface area contributed by atoms with E-state index in [0.717, 1.165) is 30.0 Å². The van der Waals surface area contributed by atoms with Crippen molar-refractivity contribution in [1.82, 2.24) is 4.90 Å². The van der Waals surface area contributed by atoms with Crippen LogP contribution >= 0.6 is 0 Å². The smallest absolute Gasteiger partial charge is 0.253 e. The normalized spacial score (nSPS) is 23.1. The molecule has 3 rings (SSSR count). The molecule has 2 aliphatic heterocycles. The van der Waals surface area contributed by atoms with Crippen LogP contribution in [0.15, 0.2) is 23.8 Å². The zero-order valence-electron chi connectivity index (χ0n) is 13.7. The fourth-order valence-electron chi connectivity index (χ4n) is 3.35. The van der Waals surface area contributed by atoms with E-state index in [-0.39, 0.29) is 18.6 Å². The van der Waals surface area contributed by atoms with Crippen molar-refractivity contribution in [1.29, 1.82) is 0 Å². The Balaban J connectivity index is 1.82. The summed E-state index contributed by atoms with van der Waals surface area (Å²) in [6.07, 6.45) is 2.90. The van der Waals surface area contributed by atoms with Gasteiger partial charge >= 0.3 is 0 Å². The maximum absolute atomic E-state index is 12.8. The quantitative estimate of drug-likeness (QED) is 0.923. The Morgan fingerprint density at radius 3 is 3.00 bits per heavy atom. The summed E-state index contributed by atoms with van der Waals surface area (Å²) in [6.45, 7) is 6.26. The highest BCUT2D eigenvalue weighted by molar-refractivity contribution is 5.99. The van der Waals surface area contributed by atoms with E-state index in [2.05, 4.69) is 6.92 Å². The number of carbonyl (C=O) groups excluding carboxylic acids is 1. The molecule has 124 valence electrons. The predicted octanol–water partition coefficient (Wildman–Crippen LogP) is 2.06. The molecule has 5 heteroatoms. The summed E-state index contributed by atoms with van der Waals surface area (Å²) >= 11 is 0. The summed E-state index contributed by atoms with van der Waals surface area (Å²) in [4.78, 5) is 14.7. The number of hydrogen-bond acceptors (Lipinski definition) is 4. The van der Waals surface area contributed by atoms with Crippen LogP contribution in [-0.4, -0.2) is 43.2 Å². The van der Waals surface area contributed by atoms with Gasteiger partial charge in [-0.05, 0) is 44.9 Å². The highest BCUT2D eigenvalue weighted by Gasteiger charge is 2.34. The number of nitrogens with zero attached hydrogens (tertiary/aromatic N) is 1. The minimum absolute atomic E-state index is 0.0564. The van der Waals surface area contributed by atoms with Gasteiger partial charge in [0.15, 0.2) is 11.5 Å². The number of hydrogen-bond donors (Lipinski definition) is 1. The number of amides is 1. The minimum Gasteiger partial charge on any atom is -0.490 e. The van der Waals surface area contributed by atoms with Crippen LogP contribution in [0.4, 0.5) is 0 Å². The van der Waals surface area contributed by atoms with Crippen molar-refractivity contribution in [3.8, 4) is 11.5 Å². The Labute approximate surface area is 137 Å². The molecule has 2 atom stereocenters. The number of para-hydroxylation sites is 1. The van der Waals surface area contributed by atoms with Crippen LogP contribution in [0.5, 0.6) is 11.5 Å². The van der Waals surface area contributed by atoms with Gasteiger partial charge < -0.3 is 20.1 Å². The first-order valence-electron chi connectivity index (χ1n) is 8.24. The van der Waals surface area contributed by atoms with Crippen LogP contribution in [0.3, 0.4) is 0 Å². The molecular weight excluding hydrogens is 292 g/mol. The van der Waals surface area contributed by atoms with Crippen molar-refractivity contribution in [3.63, 3.8) is 0 Å². The molecular formula is C18H24N2O3. The zero-order valence-corrected chi connectivity index (χ0v) is 13.7. The first kappa shape index (κ1) is 15.9. The minimum atomic E-state index is 0.0564. The first-order chi connectivity index (χ1) is 11.1. The Hall–Kier alpha value is -2.01. The number of rotatable bonds is 4. The Bertz CT molecular complexity index is 627. The monoisotopic (exact) mass is 316 g/mol. The summed E-state index contributed by atoms with van der Waals surface area (Å²) in [5.41, 5.74) is 7.34. The second-order valence-electron chi connectivity index (χ2n) is 6.21. The largest absolute Gasteiger partial charge is 0.490 e. The summed E-state index contributed by atoms with van der Waals surface area (Å²) in [7, 11) is 0. The molecule has 1 fully saturated rings. The van der Waals surface area contributed by atoms with Gasteiger partial charge in [-0.3, -0.25) is 4.79 Å². The Morgan fingerprint density at radius 1 is 1.48 bits per heavy atom. The molecule has 0 aliphatic carbocycles. The van der Waals surface area contributed by atoms with E-state index in [4.69, 9.17) is 15.2 Å². The van der Waals surface area contributed by atoms with Crippen LogP contribution in [-0.2, 0) is 4.79 Å². The third kappa shape index (κ3) is 3.06. The Morgan fingerprint density at radius 2 is 2.30 bits per heavy atom. The Kier molecular flexibility index (Phi) is 4.57. The molecule has 0 spiro atoms. The predicted molar refractivity (Wildman–Crippen MR) is 89.4 cm³/mol. The summed E-state index contributed by atoms with van der Waals surface area (Å²) in [6, 6.07) is 5.98. The molecule has 1 aromatic rings. The lowest BCUT2D eigenvalue weighted by Crippen LogP contribution is -2.37. The van der Waals surface area contributed by atoms with Gasteiger partial charge in [0, 0.05) is 18.2 Å². The average molecular weight is 316 g/mol. The summed E-state index contributed by atoms with van der Waals surface area (Å²) in [5.74, 6) is 1.91. The van der Waals surface area contributed by atoms with E-state index in [1.165, 1.54) is 0 Å². The fraction of sp³-hybridized carbons (Fsp3) is 0.500. The van der Waals surface area contributed by atoms with Crippen LogP contribution in [0, 0.1) is 5.92 Å². The molecule has 0 radical (unpaired) electrons. The molecule has 1 aromatic carbocycles. The van der Waals surface area contributed by atoms with Gasteiger partial charge in [-0.25, -0.2) is 0 Å². The van der Waals surface area contributed by atoms with Gasteiger partial charge in [0.2, 0.25) is 0 Å². The van der Waals surface area contributed by atoms with Gasteiger partial charge in [-0.2, -0.15) is 0 Å². The van der Waals surface area contributed by atoms with E-state index < -0.39 is 0 Å². The standard InChI is InChI=1S/C18H24N2O3/c1-3-22-16-6-4-5-14-8-15(11-23-17(14)16)18(21)20-10-13(9-19)7-12(20)2/h4-6,8,12-13H,3,7,9-11,19H2,1-2H3. The maximum atomic E-state index is 12.8. The average Bonchev–Trinajstić information content (AvgIpc) is 2.95. The van der Waals surface area contributed by atoms with Crippen molar-refractivity contribution < 1.29 is 14.3 Å². The number of carbonyl (C=O) groups is 1. The van der Waals surface area contributed by atoms with E-state index in [9.17, 15) is 4.79 Å². The number of nitrogens with two attached hydrogens (primary N) is 1. The molecule has 0 saturated carbocycles. The van der Waals surface area contributed by atoms with Crippen molar-refractivity contribution in [2.45, 2.75) is 26.3 Å². The van der Waals surface area contributed by atoms with Crippen molar-refractivity contribution in [3.05, 3.63) is 29.3 Å². The van der Waals surface area contributed by atoms with Crippen molar-refractivity contribution in [2.75, 3.05) is 26.3 Å². The van der Waals surface area contributed by atoms with Crippen molar-refractivity contribution in [2.24, 2.45) is 11.7 Å². The topological polar surface area (TPSA) is 64.8 Å². The van der Waals surface area contributed by atoms with Crippen LogP contribution in [0.2, 0.25) is 0 Å². The van der Waals surface area contributed by atoms with E-state index in [0.29, 0.717) is 24.6 Å². The number of benzene rings is 1. The highest BCUT2D eigenvalue weighted by Crippen LogP contribution is 2.36. The number of ether oxygens (including phenoxy) is 2. The number of fused-ring (bicyclic) bond motifs is 1. The van der Waals surface area contributed by atoms with E-state index >= 15 is 0 Å². The van der Waals surface area contributed by atoms with Crippen LogP contribution < -0.4 is 15.2 Å². The lowest BCUT2D eigenvalue weighted by Gasteiger charge is -2.26. The van der Waals surface area contributed by atoms with Gasteiger partial charge in [-0.15, -0.1) is 0 Å². The third-order valence-corrected chi connectivity index (χ3v) is 4.54. The van der Waals surface area contributed by atoms with Crippen LogP contribution in [0.25, 0.3) is 6.08 Å². The maximum Gasteiger partial charge on any atom is 0.253 e. The third-order valence-electron chi connectivity index (χ3n) is 4.54. The van der Waals surface area contributed by atoms with Crippen molar-refractivity contribution >= 4 is 12.0 Å². The van der Waals surface area contributed by atoms with Crippen LogP contribution in [0.1, 0.15) is 25.8 Å². The van der Waals surface area contributed by atoms with E-state index in [1.807, 2.05) is 36.1 Å². The van der Waals surface area contributed by atoms with Gasteiger partial charge in [0.1, 0.15) is 6.61 Å². The van der Waals surface area contributed by atoms with Gasteiger partial charge in [0.05, 0.1) is 12.2 Å². The SMILES string of the molecule is CCOc1cccc2c1OCC(C(=O)N1CC(CN)CC1C)=C2. The molecule has 2 heterocycles. The zero-order chi connectivity index (χ0) is 16.4. The van der Waals surface area contributed by atoms with Gasteiger partial charge in [0.25, 0.3) is 5.91 Å². The highest BCUT2D eigenvalue weighted by atomic mass is 16.5.